The van der Waals surface area contributed by atoms with E-state index in [2.05, 4.69) is 53.4 Å². The molecule has 2 heterocycles. The van der Waals surface area contributed by atoms with Gasteiger partial charge >= 0.3 is 0 Å². The lowest BCUT2D eigenvalue weighted by Crippen LogP contribution is -1.99. The van der Waals surface area contributed by atoms with Gasteiger partial charge < -0.3 is 5.32 Å². The monoisotopic (exact) mass is 354 g/mol. The van der Waals surface area contributed by atoms with Gasteiger partial charge in [0.05, 0.1) is 0 Å². The lowest BCUT2D eigenvalue weighted by atomic mass is 10.1. The lowest BCUT2D eigenvalue weighted by Gasteiger charge is -2.08. The zero-order valence-corrected chi connectivity index (χ0v) is 13.0. The average Bonchev–Trinajstić information content (AvgIpc) is 2.54. The molecule has 0 aliphatic carbocycles. The second-order valence-electron chi connectivity index (χ2n) is 4.62. The Morgan fingerprint density at radius 3 is 3.00 bits per heavy atom. The molecule has 0 bridgehead atoms. The van der Waals surface area contributed by atoms with Gasteiger partial charge in [-0.25, -0.2) is 0 Å². The summed E-state index contributed by atoms with van der Waals surface area (Å²) in [7, 11) is 0. The second-order valence-corrected chi connectivity index (χ2v) is 5.48. The normalized spacial score (nSPS) is 10.2. The van der Waals surface area contributed by atoms with Crippen molar-refractivity contribution in [1.29, 1.82) is 0 Å². The number of pyridine rings is 2. The minimum atomic E-state index is 0.347. The molecule has 3 aromatic rings. The number of benzene rings is 1. The molecule has 0 unspecified atom stereocenters. The molecule has 1 aromatic carbocycles. The maximum absolute atomic E-state index is 8.43. The van der Waals surface area contributed by atoms with Gasteiger partial charge in [-0.05, 0) is 55.7 Å². The van der Waals surface area contributed by atoms with Gasteiger partial charge in [0.25, 0.3) is 0 Å². The zero-order valence-electron chi connectivity index (χ0n) is 11.4. The Balaban J connectivity index is 1.80. The van der Waals surface area contributed by atoms with Crippen molar-refractivity contribution in [3.63, 3.8) is 0 Å². The molecule has 22 heavy (non-hydrogen) atoms. The minimum Gasteiger partial charge on any atom is -0.381 e. The first kappa shape index (κ1) is 14.3. The highest BCUT2D eigenvalue weighted by atomic mass is 79.9. The molecule has 0 aliphatic heterocycles. The molecule has 0 radical (unpaired) electrons. The van der Waals surface area contributed by atoms with Gasteiger partial charge in [0, 0.05) is 45.6 Å². The van der Waals surface area contributed by atoms with Crippen LogP contribution in [0.25, 0.3) is 21.2 Å². The minimum absolute atomic E-state index is 0.347. The van der Waals surface area contributed by atoms with E-state index in [1.54, 1.807) is 18.5 Å². The van der Waals surface area contributed by atoms with Crippen molar-refractivity contribution >= 4 is 38.2 Å². The van der Waals surface area contributed by atoms with Crippen molar-refractivity contribution in [2.24, 2.45) is 5.11 Å². The van der Waals surface area contributed by atoms with Crippen LogP contribution in [0.15, 0.2) is 58.5 Å². The van der Waals surface area contributed by atoms with Gasteiger partial charge in [0.2, 0.25) is 0 Å². The van der Waals surface area contributed by atoms with Crippen LogP contribution in [-0.2, 0) is 6.54 Å². The molecule has 3 rings (SSSR count). The Morgan fingerprint density at radius 1 is 1.23 bits per heavy atom. The van der Waals surface area contributed by atoms with Crippen molar-refractivity contribution in [3.8, 4) is 0 Å². The molecular formula is C15H11BrN6. The number of anilines is 1. The van der Waals surface area contributed by atoms with Gasteiger partial charge in [-0.3, -0.25) is 9.97 Å². The van der Waals surface area contributed by atoms with Crippen LogP contribution in [0.5, 0.6) is 0 Å². The molecule has 2 aromatic heterocycles. The molecule has 0 aliphatic rings. The molecule has 0 atom stereocenters. The van der Waals surface area contributed by atoms with Gasteiger partial charge in [-0.1, -0.05) is 12.1 Å². The van der Waals surface area contributed by atoms with Crippen LogP contribution in [0.3, 0.4) is 0 Å². The zero-order chi connectivity index (χ0) is 15.4. The molecule has 1 N–H and O–H groups in total. The smallest absolute Gasteiger partial charge is 0.128 e. The topological polar surface area (TPSA) is 86.6 Å². The standard InChI is InChI=1S/C15H11BrN6/c16-14-9-18-8-11-2-1-10(5-13(11)14)7-20-12-3-4-19-15(6-12)21-22-17/h1-6,8-9H,7H2,(H,19,20). The van der Waals surface area contributed by atoms with E-state index in [0.29, 0.717) is 12.4 Å². The van der Waals surface area contributed by atoms with E-state index in [1.165, 1.54) is 0 Å². The fourth-order valence-corrected chi connectivity index (χ4v) is 2.58. The Kier molecular flexibility index (Phi) is 4.18. The highest BCUT2D eigenvalue weighted by Crippen LogP contribution is 2.24. The van der Waals surface area contributed by atoms with Crippen molar-refractivity contribution in [2.45, 2.75) is 6.54 Å². The Bertz CT molecular complexity index is 873. The number of fused-ring (bicyclic) bond motifs is 1. The summed E-state index contributed by atoms with van der Waals surface area (Å²) in [6.45, 7) is 0.657. The third-order valence-electron chi connectivity index (χ3n) is 3.17. The van der Waals surface area contributed by atoms with E-state index in [-0.39, 0.29) is 0 Å². The van der Waals surface area contributed by atoms with E-state index in [9.17, 15) is 0 Å². The number of hydrogen-bond donors (Lipinski definition) is 1. The van der Waals surface area contributed by atoms with Crippen LogP contribution >= 0.6 is 15.9 Å². The van der Waals surface area contributed by atoms with Crippen molar-refractivity contribution in [2.75, 3.05) is 5.32 Å². The Labute approximate surface area is 135 Å². The molecule has 0 saturated carbocycles. The number of nitrogens with one attached hydrogen (secondary N) is 1. The van der Waals surface area contributed by atoms with Crippen molar-refractivity contribution in [3.05, 3.63) is 69.4 Å². The number of aromatic nitrogens is 2. The second kappa shape index (κ2) is 6.43. The summed E-state index contributed by atoms with van der Waals surface area (Å²) < 4.78 is 0.974. The molecule has 0 saturated heterocycles. The SMILES string of the molecule is [N-]=[N+]=Nc1cc(NCc2ccc3cncc(Br)c3c2)ccn1. The summed E-state index contributed by atoms with van der Waals surface area (Å²) in [6, 6.07) is 9.75. The predicted molar refractivity (Wildman–Crippen MR) is 89.8 cm³/mol. The van der Waals surface area contributed by atoms with E-state index >= 15 is 0 Å². The summed E-state index contributed by atoms with van der Waals surface area (Å²) in [5.74, 6) is 0.347. The average molecular weight is 355 g/mol. The highest BCUT2D eigenvalue weighted by molar-refractivity contribution is 9.10. The Hall–Kier alpha value is -2.63. The largest absolute Gasteiger partial charge is 0.381 e. The van der Waals surface area contributed by atoms with Gasteiger partial charge in [0.15, 0.2) is 0 Å². The van der Waals surface area contributed by atoms with E-state index in [0.717, 1.165) is 26.5 Å². The van der Waals surface area contributed by atoms with Gasteiger partial charge in [-0.2, -0.15) is 0 Å². The lowest BCUT2D eigenvalue weighted by molar-refractivity contribution is 1.14. The van der Waals surface area contributed by atoms with Crippen LogP contribution in [0.1, 0.15) is 5.56 Å². The molecule has 0 amide bonds. The quantitative estimate of drug-likeness (QED) is 0.408. The first-order chi connectivity index (χ1) is 10.8. The third-order valence-corrected chi connectivity index (χ3v) is 3.80. The first-order valence-electron chi connectivity index (χ1n) is 6.53. The van der Waals surface area contributed by atoms with Crippen LogP contribution in [-0.4, -0.2) is 9.97 Å². The van der Waals surface area contributed by atoms with Crippen LogP contribution in [0.2, 0.25) is 0 Å². The first-order valence-corrected chi connectivity index (χ1v) is 7.33. The summed E-state index contributed by atoms with van der Waals surface area (Å²) in [4.78, 5) is 10.8. The Morgan fingerprint density at radius 2 is 2.14 bits per heavy atom. The van der Waals surface area contributed by atoms with E-state index < -0.39 is 0 Å². The van der Waals surface area contributed by atoms with Crippen LogP contribution in [0, 0.1) is 0 Å². The van der Waals surface area contributed by atoms with E-state index in [1.807, 2.05) is 18.3 Å². The number of halogens is 1. The summed E-state index contributed by atoms with van der Waals surface area (Å²) >= 11 is 3.52. The number of rotatable bonds is 4. The molecule has 108 valence electrons. The highest BCUT2D eigenvalue weighted by Gasteiger charge is 2.01. The molecule has 0 spiro atoms. The van der Waals surface area contributed by atoms with Gasteiger partial charge in [0.1, 0.15) is 5.82 Å². The summed E-state index contributed by atoms with van der Waals surface area (Å²) in [5.41, 5.74) is 10.4. The van der Waals surface area contributed by atoms with E-state index in [4.69, 9.17) is 5.53 Å². The molecular weight excluding hydrogens is 344 g/mol. The fourth-order valence-electron chi connectivity index (χ4n) is 2.12. The third kappa shape index (κ3) is 3.16. The van der Waals surface area contributed by atoms with Crippen LogP contribution in [0.4, 0.5) is 11.5 Å². The summed E-state index contributed by atoms with van der Waals surface area (Å²) in [6.07, 6.45) is 5.23. The molecule has 0 fully saturated rings. The van der Waals surface area contributed by atoms with Crippen LogP contribution < -0.4 is 5.32 Å². The molecule has 6 nitrogen and oxygen atoms in total. The maximum atomic E-state index is 8.43. The maximum Gasteiger partial charge on any atom is 0.128 e. The predicted octanol–water partition coefficient (Wildman–Crippen LogP) is 4.95. The van der Waals surface area contributed by atoms with Crippen molar-refractivity contribution < 1.29 is 0 Å². The fraction of sp³-hybridized carbons (Fsp3) is 0.0667. The van der Waals surface area contributed by atoms with Gasteiger partial charge in [-0.15, -0.1) is 0 Å². The number of nitrogens with zero attached hydrogens (tertiary/aromatic N) is 5. The number of hydrogen-bond acceptors (Lipinski definition) is 4. The summed E-state index contributed by atoms with van der Waals surface area (Å²) in [5, 5.41) is 9.00. The van der Waals surface area contributed by atoms with Crippen molar-refractivity contribution in [1.82, 2.24) is 9.97 Å². The number of azide groups is 1. The molecule has 7 heteroatoms.